The number of piperidine rings is 1. The first-order chi connectivity index (χ1) is 9.70. The Morgan fingerprint density at radius 1 is 1.30 bits per heavy atom. The number of benzene rings is 1. The number of nitrogens with one attached hydrogen (secondary N) is 1. The van der Waals surface area contributed by atoms with Gasteiger partial charge in [-0.1, -0.05) is 31.2 Å². The predicted molar refractivity (Wildman–Crippen MR) is 83.9 cm³/mol. The van der Waals surface area contributed by atoms with Crippen LogP contribution in [0.1, 0.15) is 43.4 Å². The van der Waals surface area contributed by atoms with Gasteiger partial charge in [-0.15, -0.1) is 0 Å². The van der Waals surface area contributed by atoms with Gasteiger partial charge in [0, 0.05) is 12.6 Å². The molecule has 1 unspecified atom stereocenters. The summed E-state index contributed by atoms with van der Waals surface area (Å²) < 4.78 is 0. The van der Waals surface area contributed by atoms with Gasteiger partial charge < -0.3 is 15.3 Å². The summed E-state index contributed by atoms with van der Waals surface area (Å²) in [4.78, 5) is 2.54. The van der Waals surface area contributed by atoms with Gasteiger partial charge in [-0.3, -0.25) is 0 Å². The van der Waals surface area contributed by atoms with E-state index in [0.717, 1.165) is 5.56 Å². The van der Waals surface area contributed by atoms with Crippen LogP contribution in [0.4, 0.5) is 0 Å². The highest BCUT2D eigenvalue weighted by Crippen LogP contribution is 2.17. The van der Waals surface area contributed by atoms with E-state index < -0.39 is 6.10 Å². The van der Waals surface area contributed by atoms with E-state index in [-0.39, 0.29) is 0 Å². The molecular formula is C17H28N2O. The van der Waals surface area contributed by atoms with Crippen LogP contribution in [0.25, 0.3) is 0 Å². The van der Waals surface area contributed by atoms with Gasteiger partial charge in [-0.05, 0) is 56.9 Å². The molecule has 2 N–H and O–H groups in total. The van der Waals surface area contributed by atoms with Gasteiger partial charge in [-0.25, -0.2) is 0 Å². The third kappa shape index (κ3) is 4.30. The van der Waals surface area contributed by atoms with Gasteiger partial charge in [-0.2, -0.15) is 0 Å². The van der Waals surface area contributed by atoms with E-state index >= 15 is 0 Å². The van der Waals surface area contributed by atoms with Crippen molar-refractivity contribution >= 4 is 0 Å². The molecule has 1 atom stereocenters. The lowest BCUT2D eigenvalue weighted by atomic mass is 10.0. The van der Waals surface area contributed by atoms with E-state index in [1.165, 1.54) is 44.5 Å². The van der Waals surface area contributed by atoms with Crippen LogP contribution in [0.3, 0.4) is 0 Å². The zero-order chi connectivity index (χ0) is 14.4. The van der Waals surface area contributed by atoms with Crippen LogP contribution in [0.15, 0.2) is 24.3 Å². The molecule has 112 valence electrons. The molecule has 1 aliphatic rings. The second-order valence-corrected chi connectivity index (χ2v) is 5.90. The number of rotatable bonds is 6. The molecule has 0 spiro atoms. The quantitative estimate of drug-likeness (QED) is 0.838. The standard InChI is InChI=1S/C17H28N2O/c1-3-10-19-11-8-15(9-12-19)18-13-17(20)16-7-5-4-6-14(16)2/h4-7,15,17-18,20H,3,8-13H2,1-2H3. The Labute approximate surface area is 123 Å². The van der Waals surface area contributed by atoms with E-state index in [1.54, 1.807) is 0 Å². The minimum absolute atomic E-state index is 0.398. The maximum Gasteiger partial charge on any atom is 0.0917 e. The summed E-state index contributed by atoms with van der Waals surface area (Å²) in [5.74, 6) is 0. The van der Waals surface area contributed by atoms with Gasteiger partial charge in [0.25, 0.3) is 0 Å². The molecule has 1 aromatic carbocycles. The molecule has 1 fully saturated rings. The molecule has 3 nitrogen and oxygen atoms in total. The molecule has 2 rings (SSSR count). The lowest BCUT2D eigenvalue weighted by Gasteiger charge is -2.32. The minimum atomic E-state index is -0.398. The first-order valence-electron chi connectivity index (χ1n) is 7.90. The fraction of sp³-hybridized carbons (Fsp3) is 0.647. The number of hydrogen-bond acceptors (Lipinski definition) is 3. The Bertz CT molecular complexity index is 400. The monoisotopic (exact) mass is 276 g/mol. The highest BCUT2D eigenvalue weighted by atomic mass is 16.3. The molecule has 20 heavy (non-hydrogen) atoms. The van der Waals surface area contributed by atoms with Crippen LogP contribution in [0, 0.1) is 6.92 Å². The SMILES string of the molecule is CCCN1CCC(NCC(O)c2ccccc2C)CC1. The van der Waals surface area contributed by atoms with E-state index in [9.17, 15) is 5.11 Å². The maximum atomic E-state index is 10.3. The smallest absolute Gasteiger partial charge is 0.0917 e. The molecule has 1 saturated heterocycles. The van der Waals surface area contributed by atoms with Crippen molar-refractivity contribution in [3.63, 3.8) is 0 Å². The van der Waals surface area contributed by atoms with Crippen LogP contribution < -0.4 is 5.32 Å². The molecule has 0 amide bonds. The van der Waals surface area contributed by atoms with Crippen molar-refractivity contribution in [2.45, 2.75) is 45.3 Å². The number of likely N-dealkylation sites (tertiary alicyclic amines) is 1. The van der Waals surface area contributed by atoms with Gasteiger partial charge >= 0.3 is 0 Å². The van der Waals surface area contributed by atoms with Crippen LogP contribution >= 0.6 is 0 Å². The van der Waals surface area contributed by atoms with Gasteiger partial charge in [0.2, 0.25) is 0 Å². The normalized spacial score (nSPS) is 19.1. The lowest BCUT2D eigenvalue weighted by Crippen LogP contribution is -2.43. The Balaban J connectivity index is 1.75. The average molecular weight is 276 g/mol. The minimum Gasteiger partial charge on any atom is -0.387 e. The summed E-state index contributed by atoms with van der Waals surface area (Å²) in [5.41, 5.74) is 2.21. The van der Waals surface area contributed by atoms with Crippen molar-refractivity contribution in [1.29, 1.82) is 0 Å². The van der Waals surface area contributed by atoms with Crippen molar-refractivity contribution in [2.24, 2.45) is 0 Å². The lowest BCUT2D eigenvalue weighted by molar-refractivity contribution is 0.151. The molecular weight excluding hydrogens is 248 g/mol. The van der Waals surface area contributed by atoms with Crippen LogP contribution in [0.5, 0.6) is 0 Å². The molecule has 0 saturated carbocycles. The van der Waals surface area contributed by atoms with Gasteiger partial charge in [0.05, 0.1) is 6.10 Å². The Hall–Kier alpha value is -0.900. The van der Waals surface area contributed by atoms with E-state index in [0.29, 0.717) is 12.6 Å². The first kappa shape index (κ1) is 15.5. The topological polar surface area (TPSA) is 35.5 Å². The van der Waals surface area contributed by atoms with Crippen LogP contribution in [0.2, 0.25) is 0 Å². The Morgan fingerprint density at radius 2 is 2.00 bits per heavy atom. The number of aliphatic hydroxyl groups is 1. The summed E-state index contributed by atoms with van der Waals surface area (Å²) in [6.07, 6.45) is 3.23. The molecule has 1 aromatic rings. The van der Waals surface area contributed by atoms with Crippen molar-refractivity contribution in [2.75, 3.05) is 26.2 Å². The van der Waals surface area contributed by atoms with Gasteiger partial charge in [0.1, 0.15) is 0 Å². The van der Waals surface area contributed by atoms with Crippen molar-refractivity contribution in [3.05, 3.63) is 35.4 Å². The molecule has 0 bridgehead atoms. The summed E-state index contributed by atoms with van der Waals surface area (Å²) >= 11 is 0. The maximum absolute atomic E-state index is 10.3. The van der Waals surface area contributed by atoms with E-state index in [2.05, 4.69) is 30.1 Å². The molecule has 3 heteroatoms. The number of hydrogen-bond donors (Lipinski definition) is 2. The average Bonchev–Trinajstić information content (AvgIpc) is 2.47. The number of nitrogens with zero attached hydrogens (tertiary/aromatic N) is 1. The van der Waals surface area contributed by atoms with E-state index in [4.69, 9.17) is 0 Å². The summed E-state index contributed by atoms with van der Waals surface area (Å²) in [5, 5.41) is 13.8. The highest BCUT2D eigenvalue weighted by molar-refractivity contribution is 5.27. The zero-order valence-corrected chi connectivity index (χ0v) is 12.8. The second kappa shape index (κ2) is 7.77. The van der Waals surface area contributed by atoms with E-state index in [1.807, 2.05) is 18.2 Å². The molecule has 1 heterocycles. The van der Waals surface area contributed by atoms with Crippen molar-refractivity contribution < 1.29 is 5.11 Å². The molecule has 0 radical (unpaired) electrons. The predicted octanol–water partition coefficient (Wildman–Crippen LogP) is 2.49. The number of aliphatic hydroxyl groups excluding tert-OH is 1. The fourth-order valence-electron chi connectivity index (χ4n) is 3.03. The zero-order valence-electron chi connectivity index (χ0n) is 12.8. The van der Waals surface area contributed by atoms with Crippen molar-refractivity contribution in [3.8, 4) is 0 Å². The Morgan fingerprint density at radius 3 is 2.65 bits per heavy atom. The summed E-state index contributed by atoms with van der Waals surface area (Å²) in [7, 11) is 0. The Kier molecular flexibility index (Phi) is 6.02. The van der Waals surface area contributed by atoms with Crippen molar-refractivity contribution in [1.82, 2.24) is 10.2 Å². The molecule has 0 aromatic heterocycles. The van der Waals surface area contributed by atoms with Crippen LogP contribution in [-0.2, 0) is 0 Å². The second-order valence-electron chi connectivity index (χ2n) is 5.90. The van der Waals surface area contributed by atoms with Crippen LogP contribution in [-0.4, -0.2) is 42.2 Å². The largest absolute Gasteiger partial charge is 0.387 e. The summed E-state index contributed by atoms with van der Waals surface area (Å²) in [6.45, 7) is 8.55. The molecule has 1 aliphatic heterocycles. The van der Waals surface area contributed by atoms with Gasteiger partial charge in [0.15, 0.2) is 0 Å². The summed E-state index contributed by atoms with van der Waals surface area (Å²) in [6, 6.07) is 8.65. The number of aryl methyl sites for hydroxylation is 1. The fourth-order valence-corrected chi connectivity index (χ4v) is 3.03. The molecule has 0 aliphatic carbocycles. The highest BCUT2D eigenvalue weighted by Gasteiger charge is 2.19. The first-order valence-corrected chi connectivity index (χ1v) is 7.90. The third-order valence-electron chi connectivity index (χ3n) is 4.27. The third-order valence-corrected chi connectivity index (χ3v) is 4.27.